The van der Waals surface area contributed by atoms with Gasteiger partial charge in [-0.15, -0.1) is 0 Å². The molecule has 3 heterocycles. The molecule has 0 radical (unpaired) electrons. The number of rotatable bonds is 5. The predicted octanol–water partition coefficient (Wildman–Crippen LogP) is 2.77. The third-order valence-corrected chi connectivity index (χ3v) is 5.69. The van der Waals surface area contributed by atoms with E-state index in [4.69, 9.17) is 4.74 Å². The summed E-state index contributed by atoms with van der Waals surface area (Å²) in [5.41, 5.74) is 3.42. The molecular weight excluding hydrogens is 418 g/mol. The van der Waals surface area contributed by atoms with E-state index in [9.17, 15) is 9.59 Å². The number of aliphatic imine (C=N–C) groups is 1. The van der Waals surface area contributed by atoms with Crippen LogP contribution in [-0.2, 0) is 15.1 Å². The summed E-state index contributed by atoms with van der Waals surface area (Å²) in [6.07, 6.45) is 6.20. The summed E-state index contributed by atoms with van der Waals surface area (Å²) in [4.78, 5) is 31.6. The molecule has 0 aliphatic carbocycles. The summed E-state index contributed by atoms with van der Waals surface area (Å²) in [5, 5.41) is 5.48. The van der Waals surface area contributed by atoms with Crippen LogP contribution in [0.4, 0.5) is 5.69 Å². The van der Waals surface area contributed by atoms with Gasteiger partial charge in [0.15, 0.2) is 0 Å². The van der Waals surface area contributed by atoms with Crippen LogP contribution in [0.25, 0.3) is 5.70 Å². The number of anilines is 1. The van der Waals surface area contributed by atoms with Crippen LogP contribution in [0.3, 0.4) is 0 Å². The number of hydrogen-bond acceptors (Lipinski definition) is 5. The molecule has 2 aliphatic heterocycles. The van der Waals surface area contributed by atoms with E-state index < -0.39 is 0 Å². The molecule has 33 heavy (non-hydrogen) atoms. The number of ether oxygens (including phenoxy) is 1. The molecule has 0 unspecified atom stereocenters. The Morgan fingerprint density at radius 3 is 2.67 bits per heavy atom. The molecule has 8 heteroatoms. The number of amidine groups is 1. The number of amides is 2. The lowest BCUT2D eigenvalue weighted by molar-refractivity contribution is -0.118. The largest absolute Gasteiger partial charge is 0.378 e. The number of morpholine rings is 1. The maximum atomic E-state index is 12.4. The van der Waals surface area contributed by atoms with Crippen LogP contribution in [0.2, 0.25) is 0 Å². The van der Waals surface area contributed by atoms with Crippen LogP contribution < -0.4 is 15.5 Å². The number of carbonyl (C=O) groups is 2. The first kappa shape index (κ1) is 22.8. The van der Waals surface area contributed by atoms with Gasteiger partial charge in [0, 0.05) is 48.7 Å². The molecule has 0 atom stereocenters. The monoisotopic (exact) mass is 449 g/mol. The first-order chi connectivity index (χ1) is 15.8. The molecule has 2 aliphatic rings. The van der Waals surface area contributed by atoms with E-state index in [-0.39, 0.29) is 23.9 Å². The smallest absolute Gasteiger partial charge is 0.253 e. The Kier molecular flexibility index (Phi) is 6.65. The fourth-order valence-electron chi connectivity index (χ4n) is 3.79. The summed E-state index contributed by atoms with van der Waals surface area (Å²) in [6.45, 7) is 9.29. The van der Waals surface area contributed by atoms with E-state index in [0.717, 1.165) is 43.3 Å². The van der Waals surface area contributed by atoms with Crippen LogP contribution in [0.1, 0.15) is 43.1 Å². The van der Waals surface area contributed by atoms with Crippen molar-refractivity contribution in [3.05, 3.63) is 59.9 Å². The van der Waals surface area contributed by atoms with E-state index in [2.05, 4.69) is 53.4 Å². The zero-order valence-corrected chi connectivity index (χ0v) is 19.4. The predicted molar refractivity (Wildman–Crippen MR) is 129 cm³/mol. The SMILES string of the molecule is CC(C)(C)n1ccc(C(=O)NCC(=O)NC2=NC(c3cccc(N4CCOCC4)c3)=CC2)c1. The molecule has 2 amide bonds. The highest BCUT2D eigenvalue weighted by Crippen LogP contribution is 2.26. The number of carbonyl (C=O) groups excluding carboxylic acids is 2. The Labute approximate surface area is 194 Å². The third-order valence-electron chi connectivity index (χ3n) is 5.69. The average Bonchev–Trinajstić information content (AvgIpc) is 3.48. The Bertz CT molecular complexity index is 1090. The minimum absolute atomic E-state index is 0.108. The van der Waals surface area contributed by atoms with Crippen molar-refractivity contribution in [2.45, 2.75) is 32.7 Å². The lowest BCUT2D eigenvalue weighted by atomic mass is 10.1. The van der Waals surface area contributed by atoms with Crippen molar-refractivity contribution in [1.29, 1.82) is 0 Å². The quantitative estimate of drug-likeness (QED) is 0.735. The average molecular weight is 450 g/mol. The van der Waals surface area contributed by atoms with Crippen LogP contribution in [0, 0.1) is 0 Å². The number of nitrogens with one attached hydrogen (secondary N) is 2. The molecule has 8 nitrogen and oxygen atoms in total. The number of hydrogen-bond donors (Lipinski definition) is 2. The molecule has 0 spiro atoms. The summed E-state index contributed by atoms with van der Waals surface area (Å²) in [7, 11) is 0. The lowest BCUT2D eigenvalue weighted by Gasteiger charge is -2.29. The van der Waals surface area contributed by atoms with E-state index >= 15 is 0 Å². The normalized spacial score (nSPS) is 16.3. The van der Waals surface area contributed by atoms with E-state index in [0.29, 0.717) is 17.8 Å². The van der Waals surface area contributed by atoms with Gasteiger partial charge < -0.3 is 24.8 Å². The molecule has 1 aromatic heterocycles. The fourth-order valence-corrected chi connectivity index (χ4v) is 3.79. The van der Waals surface area contributed by atoms with Gasteiger partial charge in [-0.05, 0) is 39.0 Å². The summed E-state index contributed by atoms with van der Waals surface area (Å²) in [6, 6.07) is 10.0. The van der Waals surface area contributed by atoms with Crippen molar-refractivity contribution in [1.82, 2.24) is 15.2 Å². The van der Waals surface area contributed by atoms with Gasteiger partial charge in [-0.2, -0.15) is 0 Å². The Morgan fingerprint density at radius 2 is 1.94 bits per heavy atom. The molecule has 0 saturated carbocycles. The van der Waals surface area contributed by atoms with Crippen molar-refractivity contribution < 1.29 is 14.3 Å². The van der Waals surface area contributed by atoms with Gasteiger partial charge in [0.05, 0.1) is 31.0 Å². The molecule has 2 aromatic rings. The van der Waals surface area contributed by atoms with Gasteiger partial charge in [0.2, 0.25) is 5.91 Å². The van der Waals surface area contributed by atoms with Gasteiger partial charge >= 0.3 is 0 Å². The number of aromatic nitrogens is 1. The van der Waals surface area contributed by atoms with Crippen molar-refractivity contribution in [2.24, 2.45) is 4.99 Å². The number of benzene rings is 1. The Morgan fingerprint density at radius 1 is 1.15 bits per heavy atom. The van der Waals surface area contributed by atoms with Crippen LogP contribution in [0.15, 0.2) is 53.8 Å². The molecular formula is C25H31N5O3. The Hall–Kier alpha value is -3.39. The number of nitrogens with zero attached hydrogens (tertiary/aromatic N) is 3. The maximum Gasteiger partial charge on any atom is 0.253 e. The van der Waals surface area contributed by atoms with Crippen molar-refractivity contribution >= 4 is 29.0 Å². The summed E-state index contributed by atoms with van der Waals surface area (Å²) in [5.74, 6) is 0.00855. The van der Waals surface area contributed by atoms with Crippen LogP contribution in [0.5, 0.6) is 0 Å². The summed E-state index contributed by atoms with van der Waals surface area (Å²) < 4.78 is 7.40. The lowest BCUT2D eigenvalue weighted by Crippen LogP contribution is -2.39. The van der Waals surface area contributed by atoms with Gasteiger partial charge in [0.1, 0.15) is 5.84 Å². The summed E-state index contributed by atoms with van der Waals surface area (Å²) >= 11 is 0. The van der Waals surface area contributed by atoms with Gasteiger partial charge in [0.25, 0.3) is 5.91 Å². The van der Waals surface area contributed by atoms with Crippen molar-refractivity contribution in [3.63, 3.8) is 0 Å². The highest BCUT2D eigenvalue weighted by Gasteiger charge is 2.18. The minimum atomic E-state index is -0.297. The maximum absolute atomic E-state index is 12.4. The molecule has 4 rings (SSSR count). The molecule has 0 bridgehead atoms. The molecule has 1 fully saturated rings. The standard InChI is InChI=1S/C25H31N5O3/c1-25(2,3)30-10-9-19(17-30)24(32)26-16-23(31)28-22-8-7-21(27-22)18-5-4-6-20(15-18)29-11-13-33-14-12-29/h4-7,9-10,15,17H,8,11-14,16H2,1-3H3,(H,26,32)(H,27,28,31). The van der Waals surface area contributed by atoms with Gasteiger partial charge in [-0.25, -0.2) is 4.99 Å². The molecule has 1 aromatic carbocycles. The zero-order valence-electron chi connectivity index (χ0n) is 19.4. The Balaban J connectivity index is 1.30. The zero-order chi connectivity index (χ0) is 23.4. The molecule has 2 N–H and O–H groups in total. The van der Waals surface area contributed by atoms with E-state index in [1.807, 2.05) is 29.0 Å². The van der Waals surface area contributed by atoms with Crippen LogP contribution >= 0.6 is 0 Å². The molecule has 1 saturated heterocycles. The van der Waals surface area contributed by atoms with Crippen LogP contribution in [-0.4, -0.2) is 55.1 Å². The second kappa shape index (κ2) is 9.62. The van der Waals surface area contributed by atoms with Gasteiger partial charge in [-0.3, -0.25) is 9.59 Å². The van der Waals surface area contributed by atoms with E-state index in [1.54, 1.807) is 12.3 Å². The third kappa shape index (κ3) is 5.70. The first-order valence-corrected chi connectivity index (χ1v) is 11.3. The van der Waals surface area contributed by atoms with Gasteiger partial charge in [-0.1, -0.05) is 18.2 Å². The second-order valence-electron chi connectivity index (χ2n) is 9.21. The highest BCUT2D eigenvalue weighted by molar-refractivity contribution is 6.05. The second-order valence-corrected chi connectivity index (χ2v) is 9.21. The minimum Gasteiger partial charge on any atom is -0.378 e. The highest BCUT2D eigenvalue weighted by atomic mass is 16.5. The van der Waals surface area contributed by atoms with E-state index in [1.165, 1.54) is 0 Å². The van der Waals surface area contributed by atoms with Crippen molar-refractivity contribution in [3.8, 4) is 0 Å². The first-order valence-electron chi connectivity index (χ1n) is 11.3. The topological polar surface area (TPSA) is 88.0 Å². The fraction of sp³-hybridized carbons (Fsp3) is 0.400. The van der Waals surface area contributed by atoms with Crippen molar-refractivity contribution in [2.75, 3.05) is 37.7 Å². The molecule has 174 valence electrons.